The largest absolute Gasteiger partial charge is 0.497 e. The Kier molecular flexibility index (Phi) is 5.69. The van der Waals surface area contributed by atoms with Gasteiger partial charge >= 0.3 is 0 Å². The molecule has 0 radical (unpaired) electrons. The predicted octanol–water partition coefficient (Wildman–Crippen LogP) is 2.42. The van der Waals surface area contributed by atoms with Gasteiger partial charge in [-0.15, -0.1) is 10.2 Å². The number of hydrogen-bond donors (Lipinski definition) is 0. The molecule has 8 heteroatoms. The molecule has 0 spiro atoms. The number of nitrogens with zero attached hydrogens (tertiary/aromatic N) is 5. The number of hydrogen-bond acceptors (Lipinski definition) is 7. The van der Waals surface area contributed by atoms with Crippen molar-refractivity contribution in [2.75, 3.05) is 38.2 Å². The van der Waals surface area contributed by atoms with Crippen LogP contribution in [0, 0.1) is 0 Å². The van der Waals surface area contributed by atoms with Gasteiger partial charge in [0.25, 0.3) is 0 Å². The summed E-state index contributed by atoms with van der Waals surface area (Å²) in [4.78, 5) is 20.7. The molecule has 1 aliphatic rings. The van der Waals surface area contributed by atoms with Crippen LogP contribution in [0.1, 0.15) is 12.3 Å². The van der Waals surface area contributed by atoms with E-state index in [1.165, 1.54) is 0 Å². The molecule has 1 aliphatic heterocycles. The van der Waals surface area contributed by atoms with Crippen LogP contribution >= 0.6 is 0 Å². The minimum absolute atomic E-state index is 0.114. The lowest BCUT2D eigenvalue weighted by atomic mass is 10.2. The smallest absolute Gasteiger partial charge is 0.247 e. The predicted molar refractivity (Wildman–Crippen MR) is 108 cm³/mol. The monoisotopic (exact) mass is 393 g/mol. The van der Waals surface area contributed by atoms with Gasteiger partial charge in [0.05, 0.1) is 7.11 Å². The van der Waals surface area contributed by atoms with Crippen molar-refractivity contribution in [3.8, 4) is 17.2 Å². The molecule has 1 saturated heterocycles. The molecule has 0 saturated carbocycles. The van der Waals surface area contributed by atoms with Gasteiger partial charge in [0, 0.05) is 62.7 Å². The van der Waals surface area contributed by atoms with Gasteiger partial charge < -0.3 is 19.0 Å². The molecule has 0 atom stereocenters. The molecule has 150 valence electrons. The highest BCUT2D eigenvalue weighted by Gasteiger charge is 2.22. The van der Waals surface area contributed by atoms with Crippen LogP contribution in [-0.4, -0.2) is 59.3 Å². The zero-order valence-corrected chi connectivity index (χ0v) is 16.3. The van der Waals surface area contributed by atoms with E-state index in [9.17, 15) is 4.79 Å². The van der Waals surface area contributed by atoms with Crippen LogP contribution in [0.15, 0.2) is 53.2 Å². The van der Waals surface area contributed by atoms with Crippen LogP contribution in [-0.2, 0) is 11.2 Å². The normalized spacial score (nSPS) is 14.1. The minimum atomic E-state index is 0.114. The average Bonchev–Trinajstić information content (AvgIpc) is 3.27. The standard InChI is InChI=1S/C21H23N5O3/c1-28-18-4-2-17(3-5-18)25-12-14-26(15-13-25)20(27)7-6-19-23-24-21(29-19)16-8-10-22-11-9-16/h2-5,8-11H,6-7,12-15H2,1H3. The van der Waals surface area contributed by atoms with E-state index in [1.807, 2.05) is 41.3 Å². The van der Waals surface area contributed by atoms with Gasteiger partial charge in [0.2, 0.25) is 17.7 Å². The Morgan fingerprint density at radius 1 is 1.03 bits per heavy atom. The number of amides is 1. The first-order valence-electron chi connectivity index (χ1n) is 9.62. The van der Waals surface area contributed by atoms with Crippen LogP contribution in [0.4, 0.5) is 5.69 Å². The first-order chi connectivity index (χ1) is 14.2. The van der Waals surface area contributed by atoms with Gasteiger partial charge in [0.1, 0.15) is 5.75 Å². The second-order valence-corrected chi connectivity index (χ2v) is 6.80. The number of methoxy groups -OCH3 is 1. The number of piperazine rings is 1. The van der Waals surface area contributed by atoms with Crippen molar-refractivity contribution in [1.82, 2.24) is 20.1 Å². The van der Waals surface area contributed by atoms with Gasteiger partial charge in [-0.3, -0.25) is 9.78 Å². The number of ether oxygens (including phenoxy) is 1. The molecule has 0 unspecified atom stereocenters. The van der Waals surface area contributed by atoms with Crippen molar-refractivity contribution >= 4 is 11.6 Å². The number of carbonyl (C=O) groups excluding carboxylic acids is 1. The molecule has 1 amide bonds. The highest BCUT2D eigenvalue weighted by atomic mass is 16.5. The van der Waals surface area contributed by atoms with Crippen molar-refractivity contribution in [2.45, 2.75) is 12.8 Å². The molecule has 8 nitrogen and oxygen atoms in total. The number of rotatable bonds is 6. The molecule has 2 aromatic heterocycles. The number of anilines is 1. The third-order valence-corrected chi connectivity index (χ3v) is 5.02. The second-order valence-electron chi connectivity index (χ2n) is 6.80. The van der Waals surface area contributed by atoms with Gasteiger partial charge in [-0.25, -0.2) is 0 Å². The van der Waals surface area contributed by atoms with E-state index >= 15 is 0 Å². The highest BCUT2D eigenvalue weighted by molar-refractivity contribution is 5.76. The number of aromatic nitrogens is 3. The Labute approximate surface area is 169 Å². The molecule has 4 rings (SSSR count). The summed E-state index contributed by atoms with van der Waals surface area (Å²) < 4.78 is 10.9. The van der Waals surface area contributed by atoms with E-state index in [-0.39, 0.29) is 5.91 Å². The fourth-order valence-electron chi connectivity index (χ4n) is 3.34. The second kappa shape index (κ2) is 8.72. The highest BCUT2D eigenvalue weighted by Crippen LogP contribution is 2.21. The van der Waals surface area contributed by atoms with E-state index in [0.717, 1.165) is 30.1 Å². The molecule has 1 fully saturated rings. The molecule has 0 N–H and O–H groups in total. The Bertz CT molecular complexity index is 934. The summed E-state index contributed by atoms with van der Waals surface area (Å²) in [6.07, 6.45) is 4.15. The van der Waals surface area contributed by atoms with Crippen LogP contribution in [0.5, 0.6) is 5.75 Å². The van der Waals surface area contributed by atoms with Gasteiger partial charge in [-0.05, 0) is 36.4 Å². The summed E-state index contributed by atoms with van der Waals surface area (Å²) in [5.41, 5.74) is 1.96. The Hall–Kier alpha value is -3.42. The average molecular weight is 393 g/mol. The summed E-state index contributed by atoms with van der Waals surface area (Å²) in [6, 6.07) is 11.6. The Morgan fingerprint density at radius 2 is 1.76 bits per heavy atom. The Morgan fingerprint density at radius 3 is 2.45 bits per heavy atom. The van der Waals surface area contributed by atoms with Crippen LogP contribution in [0.2, 0.25) is 0 Å². The lowest BCUT2D eigenvalue weighted by Gasteiger charge is -2.36. The molecule has 1 aromatic carbocycles. The molecule has 0 aliphatic carbocycles. The van der Waals surface area contributed by atoms with Gasteiger partial charge in [-0.1, -0.05) is 0 Å². The number of carbonyl (C=O) groups is 1. The summed E-state index contributed by atoms with van der Waals surface area (Å²) >= 11 is 0. The van der Waals surface area contributed by atoms with Crippen LogP contribution in [0.25, 0.3) is 11.5 Å². The third-order valence-electron chi connectivity index (χ3n) is 5.02. The van der Waals surface area contributed by atoms with E-state index in [0.29, 0.717) is 37.7 Å². The van der Waals surface area contributed by atoms with Crippen LogP contribution in [0.3, 0.4) is 0 Å². The molecular weight excluding hydrogens is 370 g/mol. The molecular formula is C21H23N5O3. The van der Waals surface area contributed by atoms with E-state index < -0.39 is 0 Å². The van der Waals surface area contributed by atoms with E-state index in [4.69, 9.17) is 9.15 Å². The van der Waals surface area contributed by atoms with E-state index in [1.54, 1.807) is 19.5 Å². The van der Waals surface area contributed by atoms with Gasteiger partial charge in [-0.2, -0.15) is 0 Å². The van der Waals surface area contributed by atoms with Crippen molar-refractivity contribution in [3.05, 3.63) is 54.7 Å². The SMILES string of the molecule is COc1ccc(N2CCN(C(=O)CCc3nnc(-c4ccncc4)o3)CC2)cc1. The number of pyridine rings is 1. The zero-order chi connectivity index (χ0) is 20.1. The topological polar surface area (TPSA) is 84.6 Å². The van der Waals surface area contributed by atoms with Crippen molar-refractivity contribution in [1.29, 1.82) is 0 Å². The van der Waals surface area contributed by atoms with Gasteiger partial charge in [0.15, 0.2) is 0 Å². The molecule has 3 heterocycles. The quantitative estimate of drug-likeness (QED) is 0.636. The Balaban J connectivity index is 1.26. The number of benzene rings is 1. The first-order valence-corrected chi connectivity index (χ1v) is 9.62. The maximum absolute atomic E-state index is 12.6. The maximum atomic E-state index is 12.6. The number of aryl methyl sites for hydroxylation is 1. The molecule has 3 aromatic rings. The lowest BCUT2D eigenvalue weighted by Crippen LogP contribution is -2.48. The van der Waals surface area contributed by atoms with Crippen molar-refractivity contribution in [3.63, 3.8) is 0 Å². The van der Waals surface area contributed by atoms with Crippen molar-refractivity contribution in [2.24, 2.45) is 0 Å². The molecule has 29 heavy (non-hydrogen) atoms. The summed E-state index contributed by atoms with van der Waals surface area (Å²) in [7, 11) is 1.66. The fourth-order valence-corrected chi connectivity index (χ4v) is 3.34. The molecule has 0 bridgehead atoms. The zero-order valence-electron chi connectivity index (χ0n) is 16.3. The summed E-state index contributed by atoms with van der Waals surface area (Å²) in [6.45, 7) is 3.03. The summed E-state index contributed by atoms with van der Waals surface area (Å²) in [5.74, 6) is 1.88. The van der Waals surface area contributed by atoms with Crippen LogP contribution < -0.4 is 9.64 Å². The summed E-state index contributed by atoms with van der Waals surface area (Å²) in [5, 5.41) is 8.10. The fraction of sp³-hybridized carbons (Fsp3) is 0.333. The first kappa shape index (κ1) is 18.9. The third kappa shape index (κ3) is 4.53. The minimum Gasteiger partial charge on any atom is -0.497 e. The lowest BCUT2D eigenvalue weighted by molar-refractivity contribution is -0.131. The van der Waals surface area contributed by atoms with Crippen molar-refractivity contribution < 1.29 is 13.9 Å². The van der Waals surface area contributed by atoms with E-state index in [2.05, 4.69) is 20.1 Å². The maximum Gasteiger partial charge on any atom is 0.247 e.